The highest BCUT2D eigenvalue weighted by Crippen LogP contribution is 2.22. The fraction of sp³-hybridized carbons (Fsp3) is 0.381. The van der Waals surface area contributed by atoms with Crippen molar-refractivity contribution in [3.63, 3.8) is 0 Å². The predicted molar refractivity (Wildman–Crippen MR) is 121 cm³/mol. The highest BCUT2D eigenvalue weighted by atomic mass is 35.5. The van der Waals surface area contributed by atoms with Gasteiger partial charge in [0.1, 0.15) is 6.61 Å². The van der Waals surface area contributed by atoms with Crippen LogP contribution in [0.3, 0.4) is 0 Å². The van der Waals surface area contributed by atoms with Crippen molar-refractivity contribution in [2.75, 3.05) is 37.9 Å². The Labute approximate surface area is 188 Å². The van der Waals surface area contributed by atoms with Crippen LogP contribution in [-0.4, -0.2) is 54.5 Å². The lowest BCUT2D eigenvalue weighted by atomic mass is 10.1. The number of halogens is 2. The normalized spacial score (nSPS) is 16.6. The van der Waals surface area contributed by atoms with Gasteiger partial charge in [-0.2, -0.15) is 5.01 Å². The third-order valence-electron chi connectivity index (χ3n) is 4.85. The second-order valence-electron chi connectivity index (χ2n) is 6.84. The number of ether oxygens (including phenoxy) is 2. The Kier molecular flexibility index (Phi) is 9.36. The van der Waals surface area contributed by atoms with E-state index in [1.165, 1.54) is 24.3 Å². The van der Waals surface area contributed by atoms with Gasteiger partial charge in [0.15, 0.2) is 18.1 Å². The van der Waals surface area contributed by atoms with Crippen molar-refractivity contribution in [1.29, 1.82) is 0 Å². The number of benzene rings is 1. The van der Waals surface area contributed by atoms with Crippen LogP contribution in [0.4, 0.5) is 5.69 Å². The number of rotatable bonds is 6. The first-order valence-electron chi connectivity index (χ1n) is 9.71. The average Bonchev–Trinajstić information content (AvgIpc) is 2.76. The summed E-state index contributed by atoms with van der Waals surface area (Å²) in [6, 6.07) is 13.0. The van der Waals surface area contributed by atoms with Gasteiger partial charge in [0.2, 0.25) is 0 Å². The van der Waals surface area contributed by atoms with E-state index in [1.54, 1.807) is 6.20 Å². The Balaban J connectivity index is 0.00000160. The monoisotopic (exact) mass is 452 g/mol. The van der Waals surface area contributed by atoms with E-state index in [0.29, 0.717) is 23.7 Å². The third kappa shape index (κ3) is 5.84. The first-order valence-corrected chi connectivity index (χ1v) is 9.71. The fourth-order valence-corrected chi connectivity index (χ4v) is 3.39. The second kappa shape index (κ2) is 11.7. The van der Waals surface area contributed by atoms with E-state index in [4.69, 9.17) is 9.47 Å². The zero-order valence-corrected chi connectivity index (χ0v) is 18.2. The number of aromatic nitrogens is 1. The van der Waals surface area contributed by atoms with Gasteiger partial charge in [-0.1, -0.05) is 24.6 Å². The molecule has 0 radical (unpaired) electrons. The molecule has 162 valence electrons. The molecule has 2 aliphatic rings. The molecule has 1 aromatic heterocycles. The summed E-state index contributed by atoms with van der Waals surface area (Å²) in [4.78, 5) is 19.0. The van der Waals surface area contributed by atoms with E-state index in [-0.39, 0.29) is 43.2 Å². The van der Waals surface area contributed by atoms with Crippen molar-refractivity contribution in [2.24, 2.45) is 5.10 Å². The van der Waals surface area contributed by atoms with E-state index in [0.717, 1.165) is 19.6 Å². The maximum absolute atomic E-state index is 12.2. The van der Waals surface area contributed by atoms with Crippen molar-refractivity contribution < 1.29 is 14.3 Å². The Hall–Kier alpha value is -2.35. The molecule has 0 N–H and O–H groups in total. The predicted octanol–water partition coefficient (Wildman–Crippen LogP) is 3.51. The summed E-state index contributed by atoms with van der Waals surface area (Å²) in [5.74, 6) is 0.677. The Morgan fingerprint density at radius 1 is 1.00 bits per heavy atom. The number of likely N-dealkylation sites (tertiary alicyclic amines) is 1. The molecule has 9 heteroatoms. The standard InChI is InChI=1S/C21H24N4O3.2ClH/c26-19-16-28-21(23-25(19)17-8-3-1-4-9-17)20-18(10-7-11-22-20)27-15-14-24-12-5-2-6-13-24;;/h1,3-4,7-11H,2,5-6,12-16H2;2*1H. The summed E-state index contributed by atoms with van der Waals surface area (Å²) in [5.41, 5.74) is 1.20. The number of carbonyl (C=O) groups excluding carboxylic acids is 1. The summed E-state index contributed by atoms with van der Waals surface area (Å²) in [7, 11) is 0. The zero-order chi connectivity index (χ0) is 19.2. The van der Waals surface area contributed by atoms with Crippen molar-refractivity contribution >= 4 is 42.3 Å². The lowest BCUT2D eigenvalue weighted by Gasteiger charge is -2.26. The van der Waals surface area contributed by atoms with Crippen molar-refractivity contribution in [3.05, 3.63) is 54.4 Å². The molecule has 3 heterocycles. The molecule has 0 unspecified atom stereocenters. The second-order valence-corrected chi connectivity index (χ2v) is 6.84. The van der Waals surface area contributed by atoms with Gasteiger partial charge in [0.25, 0.3) is 11.8 Å². The maximum Gasteiger partial charge on any atom is 0.285 e. The number of para-hydroxylation sites is 1. The molecule has 30 heavy (non-hydrogen) atoms. The van der Waals surface area contributed by atoms with E-state index < -0.39 is 0 Å². The number of hydrazone groups is 1. The molecule has 7 nitrogen and oxygen atoms in total. The summed E-state index contributed by atoms with van der Waals surface area (Å²) in [6.07, 6.45) is 5.50. The third-order valence-corrected chi connectivity index (χ3v) is 4.85. The minimum Gasteiger partial charge on any atom is -0.490 e. The number of pyridine rings is 1. The van der Waals surface area contributed by atoms with Gasteiger partial charge in [-0.3, -0.25) is 9.69 Å². The molecule has 1 aromatic carbocycles. The molecule has 1 fully saturated rings. The summed E-state index contributed by atoms with van der Waals surface area (Å²) in [5, 5.41) is 5.74. The minimum absolute atomic E-state index is 0. The molecule has 2 aliphatic heterocycles. The van der Waals surface area contributed by atoms with Crippen molar-refractivity contribution in [2.45, 2.75) is 19.3 Å². The largest absolute Gasteiger partial charge is 0.490 e. The number of hydrogen-bond acceptors (Lipinski definition) is 6. The Bertz CT molecular complexity index is 845. The topological polar surface area (TPSA) is 67.3 Å². The number of piperidine rings is 1. The SMILES string of the molecule is Cl.Cl.O=C1COC(c2ncccc2OCCN2CCCCC2)=NN1c1ccccc1. The van der Waals surface area contributed by atoms with Crippen LogP contribution in [0.15, 0.2) is 53.8 Å². The van der Waals surface area contributed by atoms with E-state index in [1.807, 2.05) is 42.5 Å². The minimum atomic E-state index is -0.224. The highest BCUT2D eigenvalue weighted by Gasteiger charge is 2.26. The van der Waals surface area contributed by atoms with Gasteiger partial charge in [0.05, 0.1) is 5.69 Å². The van der Waals surface area contributed by atoms with Gasteiger partial charge in [-0.05, 0) is 50.2 Å². The van der Waals surface area contributed by atoms with E-state index in [9.17, 15) is 4.79 Å². The lowest BCUT2D eigenvalue weighted by molar-refractivity contribution is -0.121. The molecule has 0 saturated carbocycles. The number of anilines is 1. The molecular formula is C21H26Cl2N4O3. The molecule has 1 amide bonds. The number of carbonyl (C=O) groups is 1. The molecule has 2 aromatic rings. The van der Waals surface area contributed by atoms with Gasteiger partial charge in [0, 0.05) is 12.7 Å². The molecule has 0 spiro atoms. The van der Waals surface area contributed by atoms with Crippen LogP contribution in [0.1, 0.15) is 25.0 Å². The summed E-state index contributed by atoms with van der Waals surface area (Å²) < 4.78 is 11.6. The van der Waals surface area contributed by atoms with Gasteiger partial charge < -0.3 is 9.47 Å². The Morgan fingerprint density at radius 2 is 1.77 bits per heavy atom. The first kappa shape index (κ1) is 23.9. The fourth-order valence-electron chi connectivity index (χ4n) is 3.39. The quantitative estimate of drug-likeness (QED) is 0.670. The number of amides is 1. The molecule has 0 bridgehead atoms. The van der Waals surface area contributed by atoms with Crippen molar-refractivity contribution in [3.8, 4) is 5.75 Å². The van der Waals surface area contributed by atoms with Crippen LogP contribution in [0.2, 0.25) is 0 Å². The van der Waals surface area contributed by atoms with Gasteiger partial charge >= 0.3 is 0 Å². The number of hydrogen-bond donors (Lipinski definition) is 0. The zero-order valence-electron chi connectivity index (χ0n) is 16.6. The molecule has 1 saturated heterocycles. The van der Waals surface area contributed by atoms with E-state index in [2.05, 4.69) is 15.0 Å². The Morgan fingerprint density at radius 3 is 2.53 bits per heavy atom. The van der Waals surface area contributed by atoms with Crippen LogP contribution in [-0.2, 0) is 9.53 Å². The molecular weight excluding hydrogens is 427 g/mol. The molecule has 4 rings (SSSR count). The van der Waals surface area contributed by atoms with Crippen LogP contribution >= 0.6 is 24.8 Å². The van der Waals surface area contributed by atoms with Crippen molar-refractivity contribution in [1.82, 2.24) is 9.88 Å². The van der Waals surface area contributed by atoms with E-state index >= 15 is 0 Å². The lowest BCUT2D eigenvalue weighted by Crippen LogP contribution is -2.37. The van der Waals surface area contributed by atoms with Crippen LogP contribution in [0.5, 0.6) is 5.75 Å². The van der Waals surface area contributed by atoms with Gasteiger partial charge in [-0.25, -0.2) is 4.98 Å². The first-order chi connectivity index (χ1) is 13.8. The summed E-state index contributed by atoms with van der Waals surface area (Å²) in [6.45, 7) is 3.64. The average molecular weight is 453 g/mol. The molecule has 0 atom stereocenters. The van der Waals surface area contributed by atoms with Crippen LogP contribution in [0.25, 0.3) is 0 Å². The van der Waals surface area contributed by atoms with Crippen LogP contribution < -0.4 is 9.75 Å². The highest BCUT2D eigenvalue weighted by molar-refractivity contribution is 6.04. The van der Waals surface area contributed by atoms with Crippen LogP contribution in [0, 0.1) is 0 Å². The smallest absolute Gasteiger partial charge is 0.285 e. The maximum atomic E-state index is 12.2. The van der Waals surface area contributed by atoms with Gasteiger partial charge in [-0.15, -0.1) is 29.9 Å². The molecule has 0 aliphatic carbocycles. The number of nitrogens with zero attached hydrogens (tertiary/aromatic N) is 4. The summed E-state index contributed by atoms with van der Waals surface area (Å²) >= 11 is 0.